The molecule has 0 aromatic carbocycles. The first-order valence-electron chi connectivity index (χ1n) is 7.61. The standard InChI is InChI=1S/C16H20N2O4/c1-12-11-22-16(20)18(12)13-6-8-17(9-7-13)15(19)5-4-14-3-2-10-21-14/h2-5,10,12-13H,6-9,11H2,1H3. The molecule has 0 N–H and O–H groups in total. The van der Waals surface area contributed by atoms with Crippen LogP contribution in [0.15, 0.2) is 28.9 Å². The molecule has 1 atom stereocenters. The van der Waals surface area contributed by atoms with Crippen LogP contribution >= 0.6 is 0 Å². The molecule has 118 valence electrons. The number of likely N-dealkylation sites (tertiary alicyclic amines) is 1. The fourth-order valence-electron chi connectivity index (χ4n) is 3.04. The van der Waals surface area contributed by atoms with E-state index in [1.165, 1.54) is 6.08 Å². The lowest BCUT2D eigenvalue weighted by atomic mass is 10.0. The zero-order chi connectivity index (χ0) is 15.5. The van der Waals surface area contributed by atoms with Gasteiger partial charge in [0, 0.05) is 25.2 Å². The van der Waals surface area contributed by atoms with E-state index in [4.69, 9.17) is 9.15 Å². The van der Waals surface area contributed by atoms with Gasteiger partial charge in [-0.25, -0.2) is 4.79 Å². The van der Waals surface area contributed by atoms with Crippen LogP contribution in [0.2, 0.25) is 0 Å². The highest BCUT2D eigenvalue weighted by Gasteiger charge is 2.37. The Bertz CT molecular complexity index is 559. The van der Waals surface area contributed by atoms with Crippen LogP contribution in [0.5, 0.6) is 0 Å². The van der Waals surface area contributed by atoms with Crippen LogP contribution in [0, 0.1) is 0 Å². The average molecular weight is 304 g/mol. The number of nitrogens with zero attached hydrogens (tertiary/aromatic N) is 2. The molecule has 1 aromatic rings. The molecule has 2 aliphatic rings. The second-order valence-electron chi connectivity index (χ2n) is 5.74. The first kappa shape index (κ1) is 14.7. The Hall–Kier alpha value is -2.24. The van der Waals surface area contributed by atoms with E-state index in [2.05, 4.69) is 0 Å². The Morgan fingerprint density at radius 1 is 1.36 bits per heavy atom. The van der Waals surface area contributed by atoms with E-state index in [1.54, 1.807) is 24.5 Å². The Morgan fingerprint density at radius 2 is 2.14 bits per heavy atom. The SMILES string of the molecule is CC1COC(=O)N1C1CCN(C(=O)C=Cc2ccco2)CC1. The molecule has 3 rings (SSSR count). The number of piperidine rings is 1. The number of amides is 2. The predicted octanol–water partition coefficient (Wildman–Crippen LogP) is 2.12. The van der Waals surface area contributed by atoms with Crippen LogP contribution in [0.1, 0.15) is 25.5 Å². The predicted molar refractivity (Wildman–Crippen MR) is 80.0 cm³/mol. The molecule has 6 nitrogen and oxygen atoms in total. The highest BCUT2D eigenvalue weighted by Crippen LogP contribution is 2.23. The van der Waals surface area contributed by atoms with E-state index >= 15 is 0 Å². The number of rotatable bonds is 3. The van der Waals surface area contributed by atoms with E-state index in [1.807, 2.05) is 16.7 Å². The van der Waals surface area contributed by atoms with Gasteiger partial charge >= 0.3 is 6.09 Å². The molecule has 3 heterocycles. The maximum absolute atomic E-state index is 12.1. The minimum Gasteiger partial charge on any atom is -0.465 e. The summed E-state index contributed by atoms with van der Waals surface area (Å²) in [6.45, 7) is 3.77. The smallest absolute Gasteiger partial charge is 0.410 e. The summed E-state index contributed by atoms with van der Waals surface area (Å²) in [7, 11) is 0. The van der Waals surface area contributed by atoms with Crippen molar-refractivity contribution >= 4 is 18.1 Å². The van der Waals surface area contributed by atoms with Gasteiger partial charge in [0.05, 0.1) is 12.3 Å². The second-order valence-corrected chi connectivity index (χ2v) is 5.74. The number of carbonyl (C=O) groups excluding carboxylic acids is 2. The summed E-state index contributed by atoms with van der Waals surface area (Å²) in [4.78, 5) is 27.5. The molecule has 0 aliphatic carbocycles. The summed E-state index contributed by atoms with van der Waals surface area (Å²) in [6.07, 6.45) is 6.14. The first-order chi connectivity index (χ1) is 10.6. The molecule has 0 radical (unpaired) electrons. The maximum atomic E-state index is 12.1. The summed E-state index contributed by atoms with van der Waals surface area (Å²) >= 11 is 0. The van der Waals surface area contributed by atoms with Gasteiger partial charge in [-0.1, -0.05) is 0 Å². The lowest BCUT2D eigenvalue weighted by molar-refractivity contribution is -0.127. The van der Waals surface area contributed by atoms with Crippen LogP contribution in [0.3, 0.4) is 0 Å². The lowest BCUT2D eigenvalue weighted by Gasteiger charge is -2.36. The van der Waals surface area contributed by atoms with Gasteiger partial charge in [-0.2, -0.15) is 0 Å². The molecule has 0 bridgehead atoms. The quantitative estimate of drug-likeness (QED) is 0.803. The summed E-state index contributed by atoms with van der Waals surface area (Å²) < 4.78 is 10.2. The average Bonchev–Trinajstić information content (AvgIpc) is 3.15. The van der Waals surface area contributed by atoms with Crippen molar-refractivity contribution < 1.29 is 18.7 Å². The normalized spacial score (nSPS) is 23.3. The number of hydrogen-bond donors (Lipinski definition) is 0. The zero-order valence-electron chi connectivity index (χ0n) is 12.6. The van der Waals surface area contributed by atoms with E-state index in [-0.39, 0.29) is 24.1 Å². The zero-order valence-corrected chi connectivity index (χ0v) is 12.6. The molecule has 2 saturated heterocycles. The van der Waals surface area contributed by atoms with E-state index in [0.717, 1.165) is 12.8 Å². The van der Waals surface area contributed by atoms with Crippen molar-refractivity contribution in [1.82, 2.24) is 9.80 Å². The van der Waals surface area contributed by atoms with Crippen molar-refractivity contribution in [3.63, 3.8) is 0 Å². The monoisotopic (exact) mass is 304 g/mol. The van der Waals surface area contributed by atoms with Crippen LogP contribution < -0.4 is 0 Å². The van der Waals surface area contributed by atoms with Crippen LogP contribution in [0.4, 0.5) is 4.79 Å². The molecule has 1 unspecified atom stereocenters. The molecule has 2 aliphatic heterocycles. The highest BCUT2D eigenvalue weighted by atomic mass is 16.6. The molecule has 22 heavy (non-hydrogen) atoms. The molecule has 6 heteroatoms. The molecular formula is C16H20N2O4. The van der Waals surface area contributed by atoms with Gasteiger partial charge in [-0.05, 0) is 38.0 Å². The van der Waals surface area contributed by atoms with Crippen molar-refractivity contribution in [1.29, 1.82) is 0 Å². The summed E-state index contributed by atoms with van der Waals surface area (Å²) in [6, 6.07) is 3.88. The third-order valence-corrected chi connectivity index (χ3v) is 4.24. The molecule has 2 amide bonds. The summed E-state index contributed by atoms with van der Waals surface area (Å²) in [5.74, 6) is 0.642. The number of furan rings is 1. The van der Waals surface area contributed by atoms with Crippen molar-refractivity contribution in [2.75, 3.05) is 19.7 Å². The van der Waals surface area contributed by atoms with Gasteiger partial charge in [0.1, 0.15) is 12.4 Å². The molecular weight excluding hydrogens is 284 g/mol. The Kier molecular flexibility index (Phi) is 4.18. The Morgan fingerprint density at radius 3 is 2.73 bits per heavy atom. The van der Waals surface area contributed by atoms with E-state index in [9.17, 15) is 9.59 Å². The lowest BCUT2D eigenvalue weighted by Crippen LogP contribution is -2.48. The third kappa shape index (κ3) is 3.00. The van der Waals surface area contributed by atoms with Gasteiger partial charge in [-0.3, -0.25) is 9.69 Å². The minimum atomic E-state index is -0.227. The van der Waals surface area contributed by atoms with Crippen molar-refractivity contribution in [2.45, 2.75) is 31.8 Å². The topological polar surface area (TPSA) is 63.0 Å². The van der Waals surface area contributed by atoms with Crippen LogP contribution in [-0.4, -0.2) is 53.6 Å². The van der Waals surface area contributed by atoms with Crippen LogP contribution in [-0.2, 0) is 9.53 Å². The molecule has 2 fully saturated rings. The van der Waals surface area contributed by atoms with Crippen LogP contribution in [0.25, 0.3) is 6.08 Å². The van der Waals surface area contributed by atoms with Crippen molar-refractivity contribution in [2.24, 2.45) is 0 Å². The summed E-state index contributed by atoms with van der Waals surface area (Å²) in [5, 5.41) is 0. The first-order valence-corrected chi connectivity index (χ1v) is 7.61. The molecule has 0 spiro atoms. The Balaban J connectivity index is 1.53. The maximum Gasteiger partial charge on any atom is 0.410 e. The number of cyclic esters (lactones) is 1. The highest BCUT2D eigenvalue weighted by molar-refractivity contribution is 5.91. The number of hydrogen-bond acceptors (Lipinski definition) is 4. The van der Waals surface area contributed by atoms with E-state index in [0.29, 0.717) is 25.5 Å². The second kappa shape index (κ2) is 6.25. The largest absolute Gasteiger partial charge is 0.465 e. The summed E-state index contributed by atoms with van der Waals surface area (Å²) in [5.41, 5.74) is 0. The van der Waals surface area contributed by atoms with Gasteiger partial charge in [-0.15, -0.1) is 0 Å². The molecule has 0 saturated carbocycles. The number of ether oxygens (including phenoxy) is 1. The van der Waals surface area contributed by atoms with Crippen molar-refractivity contribution in [3.05, 3.63) is 30.2 Å². The number of carbonyl (C=O) groups is 2. The Labute approximate surface area is 129 Å². The fraction of sp³-hybridized carbons (Fsp3) is 0.500. The third-order valence-electron chi connectivity index (χ3n) is 4.24. The van der Waals surface area contributed by atoms with Gasteiger partial charge in [0.2, 0.25) is 5.91 Å². The molecule has 1 aromatic heterocycles. The van der Waals surface area contributed by atoms with Crippen molar-refractivity contribution in [3.8, 4) is 0 Å². The minimum absolute atomic E-state index is 0.0214. The van der Waals surface area contributed by atoms with Gasteiger partial charge in [0.15, 0.2) is 0 Å². The van der Waals surface area contributed by atoms with E-state index < -0.39 is 0 Å². The fourth-order valence-corrected chi connectivity index (χ4v) is 3.04. The van der Waals surface area contributed by atoms with Gasteiger partial charge < -0.3 is 14.1 Å². The van der Waals surface area contributed by atoms with Gasteiger partial charge in [0.25, 0.3) is 0 Å².